The molecule has 0 amide bonds. The molecule has 2 aromatic heterocycles. The maximum atomic E-state index is 10.3. The monoisotopic (exact) mass is 1810 g/mol. The first-order chi connectivity index (χ1) is 69.4. The summed E-state index contributed by atoms with van der Waals surface area (Å²) in [6.45, 7) is 65.5. The van der Waals surface area contributed by atoms with Gasteiger partial charge in [-0.25, -0.2) is 0 Å². The number of aromatic nitrogens is 2. The predicted molar refractivity (Wildman–Crippen MR) is 597 cm³/mol. The molecule has 2 aliphatic rings. The van der Waals surface area contributed by atoms with Gasteiger partial charge in [0.15, 0.2) is 0 Å². The van der Waals surface area contributed by atoms with E-state index in [-0.39, 0.29) is 0 Å². The molecule has 136 heavy (non-hydrogen) atoms. The zero-order valence-electron chi connectivity index (χ0n) is 104. The molecule has 13 aromatic carbocycles. The Balaban J connectivity index is 1.14. The maximum Gasteiger partial charge on any atom is 0.252 e. The average molecular weight is 1810 g/mol. The molecule has 5 heteroatoms. The molecule has 0 saturated heterocycles. The Morgan fingerprint density at radius 2 is 0.471 bits per heavy atom. The molecule has 0 fully saturated rings. The van der Waals surface area contributed by atoms with Crippen molar-refractivity contribution in [2.45, 2.75) is 297 Å². The molecule has 0 aliphatic carbocycles. The van der Waals surface area contributed by atoms with E-state index < -0.39 is 117 Å². The lowest BCUT2D eigenvalue weighted by Crippen LogP contribution is -2.61. The number of anilines is 6. The molecule has 17 rings (SSSR count). The van der Waals surface area contributed by atoms with Crippen molar-refractivity contribution in [3.63, 3.8) is 0 Å². The molecular weight excluding hydrogens is 1640 g/mol. The van der Waals surface area contributed by atoms with Gasteiger partial charge in [0, 0.05) is 99.9 Å². The van der Waals surface area contributed by atoms with Crippen molar-refractivity contribution in [1.29, 1.82) is 0 Å². The fourth-order valence-corrected chi connectivity index (χ4v) is 20.4. The van der Waals surface area contributed by atoms with E-state index in [0.717, 1.165) is 155 Å². The summed E-state index contributed by atoms with van der Waals surface area (Å²) in [5.41, 5.74) is 15.5. The number of rotatable bonds is 17. The molecule has 0 bridgehead atoms. The van der Waals surface area contributed by atoms with E-state index in [1.165, 1.54) is 0 Å². The Bertz CT molecular complexity index is 7200. The largest absolute Gasteiger partial charge is 0.310 e. The highest BCUT2D eigenvalue weighted by molar-refractivity contribution is 7.00. The second kappa shape index (κ2) is 34.6. The maximum absolute atomic E-state index is 10.3. The lowest BCUT2D eigenvalue weighted by Gasteiger charge is -2.46. The molecule has 704 valence electrons. The number of fused-ring (bicyclic) bond motifs is 10. The highest BCUT2D eigenvalue weighted by Gasteiger charge is 2.47. The zero-order chi connectivity index (χ0) is 112. The van der Waals surface area contributed by atoms with Crippen molar-refractivity contribution >= 4 is 101 Å². The molecular formula is C131H157BN4. The fraction of sp³-hybridized carbons (Fsp3) is 0.405. The van der Waals surface area contributed by atoms with Crippen LogP contribution in [0.25, 0.3) is 99.5 Å². The second-order valence-electron chi connectivity index (χ2n) is 50.6. The van der Waals surface area contributed by atoms with Crippen LogP contribution in [0.1, 0.15) is 312 Å². The van der Waals surface area contributed by atoms with Crippen molar-refractivity contribution in [3.05, 3.63) is 304 Å². The van der Waals surface area contributed by atoms with Crippen molar-refractivity contribution in [1.82, 2.24) is 9.13 Å². The van der Waals surface area contributed by atoms with Crippen LogP contribution in [0.5, 0.6) is 0 Å². The first-order valence-electron chi connectivity index (χ1n) is 57.4. The Morgan fingerprint density at radius 1 is 0.228 bits per heavy atom. The summed E-state index contributed by atoms with van der Waals surface area (Å²) in [7, 11) is 0. The van der Waals surface area contributed by atoms with E-state index in [1.807, 2.05) is 312 Å². The van der Waals surface area contributed by atoms with Crippen LogP contribution in [0.2, 0.25) is 0 Å². The highest BCUT2D eigenvalue weighted by atomic mass is 15.2. The molecule has 0 unspecified atom stereocenters. The average Bonchev–Trinajstić information content (AvgIpc) is 0.711. The van der Waals surface area contributed by atoms with Crippen LogP contribution in [-0.4, -0.2) is 15.8 Å². The van der Waals surface area contributed by atoms with Crippen LogP contribution in [0.3, 0.4) is 0 Å². The van der Waals surface area contributed by atoms with Gasteiger partial charge in [-0.3, -0.25) is 0 Å². The molecule has 15 aromatic rings. The van der Waals surface area contributed by atoms with Gasteiger partial charge < -0.3 is 18.9 Å². The standard InChI is InChI=1S/C131H157BN4/c1-121(2,3)74-83-38-34-42-92(58-83)100-68-96(130(28,29)30)69-101(93-43-35-39-84(59-93)75-122(4,5)6)119(100)135-114-72-98(133-110-54-46-87(78-125(13,14)15)62-104(110)105-63-88(47-55-111(105)133)79-126(16,17)18)50-52-108(114)132-109-53-51-99(134-112-56-48-89(80-127(19,20)21)64-106(112)107-65-90(49-57-113(107)134)81-128(22,23)24)73-115(109)136(117-67-91(82-129(25,26)27)66-116(135)118(117)132)120-102(94-44-36-40-85(60-94)76-123(7,8)9)70-97(131(31,32)33)71-103(120)95-45-37-41-86(61-95)77-124(10,11)12/h34-73H,74-82H2,1-33H3/i74D2,75D2,76D2,77D2,78D2,79D2,80D2,81D2. The number of hydrogen-bond acceptors (Lipinski definition) is 2. The van der Waals surface area contributed by atoms with Gasteiger partial charge in [-0.1, -0.05) is 362 Å². The van der Waals surface area contributed by atoms with E-state index >= 15 is 0 Å². The quantitative estimate of drug-likeness (QED) is 0.0845. The van der Waals surface area contributed by atoms with Crippen LogP contribution in [0.15, 0.2) is 243 Å². The Morgan fingerprint density at radius 3 is 0.699 bits per heavy atom. The summed E-state index contributed by atoms with van der Waals surface area (Å²) in [6, 6.07) is 83.0. The molecule has 0 spiro atoms. The van der Waals surface area contributed by atoms with Crippen molar-refractivity contribution in [2.75, 3.05) is 9.80 Å². The van der Waals surface area contributed by atoms with Gasteiger partial charge >= 0.3 is 0 Å². The number of nitrogens with zero attached hydrogens (tertiary/aromatic N) is 4. The smallest absolute Gasteiger partial charge is 0.252 e. The topological polar surface area (TPSA) is 16.3 Å². The van der Waals surface area contributed by atoms with Gasteiger partial charge in [0.1, 0.15) is 0 Å². The third-order valence-electron chi connectivity index (χ3n) is 25.1. The summed E-state index contributed by atoms with van der Waals surface area (Å²) in [6.07, 6.45) is -14.4. The first-order valence-corrected chi connectivity index (χ1v) is 49.4. The fourth-order valence-electron chi connectivity index (χ4n) is 20.4. The second-order valence-corrected chi connectivity index (χ2v) is 50.6. The summed E-state index contributed by atoms with van der Waals surface area (Å²) < 4.78 is 166. The van der Waals surface area contributed by atoms with Crippen LogP contribution < -0.4 is 26.2 Å². The van der Waals surface area contributed by atoms with Crippen molar-refractivity contribution < 1.29 is 21.9 Å². The minimum absolute atomic E-state index is 0.437. The minimum Gasteiger partial charge on any atom is -0.310 e. The van der Waals surface area contributed by atoms with E-state index in [2.05, 4.69) is 178 Å². The Labute approximate surface area is 842 Å². The van der Waals surface area contributed by atoms with Crippen LogP contribution >= 0.6 is 0 Å². The third kappa shape index (κ3) is 20.9. The van der Waals surface area contributed by atoms with E-state index in [1.54, 1.807) is 0 Å². The predicted octanol–water partition coefficient (Wildman–Crippen LogP) is 35.5. The Kier molecular flexibility index (Phi) is 19.9. The summed E-state index contributed by atoms with van der Waals surface area (Å²) in [5, 5.41) is 2.92. The summed E-state index contributed by atoms with van der Waals surface area (Å²) in [5.74, 6) is 0. The molecule has 2 aliphatic heterocycles. The van der Waals surface area contributed by atoms with Crippen LogP contribution in [0, 0.1) is 48.7 Å². The van der Waals surface area contributed by atoms with E-state index in [4.69, 9.17) is 0 Å². The lowest BCUT2D eigenvalue weighted by molar-refractivity contribution is 0.411. The van der Waals surface area contributed by atoms with Gasteiger partial charge in [0.2, 0.25) is 0 Å². The van der Waals surface area contributed by atoms with Crippen LogP contribution in [0.4, 0.5) is 34.1 Å². The number of hydrogen-bond donors (Lipinski definition) is 0. The van der Waals surface area contributed by atoms with Crippen LogP contribution in [-0.2, 0) is 68.2 Å². The molecule has 0 radical (unpaired) electrons. The van der Waals surface area contributed by atoms with Gasteiger partial charge in [0.25, 0.3) is 6.71 Å². The molecule has 0 atom stereocenters. The highest BCUT2D eigenvalue weighted by Crippen LogP contribution is 2.57. The molecule has 0 saturated carbocycles. The zero-order valence-corrected chi connectivity index (χ0v) is 87.7. The summed E-state index contributed by atoms with van der Waals surface area (Å²) in [4.78, 5) is 4.94. The lowest BCUT2D eigenvalue weighted by atomic mass is 9.33. The van der Waals surface area contributed by atoms with Gasteiger partial charge in [-0.15, -0.1) is 0 Å². The SMILES string of the molecule is [2H]C([2H])(c1cccc(-c2cc(C(C)(C)C)cc(-c3cccc(C([2H])([2H])C(C)(C)C)c3)c2N2c3cc(-n4c5ccc(C([2H])([2H])C(C)(C)C)cc5c5cc(C([2H])([2H])C(C)(C)C)ccc54)ccc3B3c4ccc(-n5c6ccc(C([2H])([2H])C(C)(C)C)cc6c6cc(C([2H])([2H])C(C)(C)C)ccc65)cc4N(c4c(-c5cccc(C([2H])([2H])C(C)(C)C)c5)cc(C(C)(C)C)cc4-c4cccc(C([2H])([2H])C(C)(C)C)c4)c4cc(CC(C)(C)C)cc2c43)c1)C(C)(C)C. The third-order valence-corrected chi connectivity index (χ3v) is 25.1. The van der Waals surface area contributed by atoms with Gasteiger partial charge in [0.05, 0.1) is 33.4 Å². The molecule has 4 heterocycles. The van der Waals surface area contributed by atoms with E-state index in [9.17, 15) is 21.9 Å². The van der Waals surface area contributed by atoms with Gasteiger partial charge in [-0.05, 0) is 326 Å². The van der Waals surface area contributed by atoms with Gasteiger partial charge in [-0.2, -0.15) is 0 Å². The minimum atomic E-state index is -1.89. The van der Waals surface area contributed by atoms with E-state index in [0.29, 0.717) is 62.3 Å². The van der Waals surface area contributed by atoms with Crippen molar-refractivity contribution in [3.8, 4) is 55.9 Å². The molecule has 4 nitrogen and oxygen atoms in total. The molecule has 0 N–H and O–H groups in total. The number of benzene rings is 13. The van der Waals surface area contributed by atoms with Crippen molar-refractivity contribution in [2.24, 2.45) is 48.7 Å². The normalized spacial score (nSPS) is 16.4. The Hall–Kier alpha value is -10.9. The first kappa shape index (κ1) is 78.1. The summed E-state index contributed by atoms with van der Waals surface area (Å²) >= 11 is 0.